The maximum atomic E-state index is 12.5. The van der Waals surface area contributed by atoms with Gasteiger partial charge < -0.3 is 24.6 Å². The minimum absolute atomic E-state index is 0.153. The zero-order valence-corrected chi connectivity index (χ0v) is 18.7. The fourth-order valence-electron chi connectivity index (χ4n) is 4.70. The molecular formula is C24H36N4O3. The van der Waals surface area contributed by atoms with Crippen LogP contribution in [0.3, 0.4) is 0 Å². The molecule has 2 heterocycles. The molecule has 0 aromatic heterocycles. The van der Waals surface area contributed by atoms with Crippen molar-refractivity contribution >= 4 is 11.9 Å². The van der Waals surface area contributed by atoms with Crippen LogP contribution < -0.4 is 10.1 Å². The lowest BCUT2D eigenvalue weighted by atomic mass is 10.1. The van der Waals surface area contributed by atoms with E-state index in [1.54, 1.807) is 0 Å². The highest BCUT2D eigenvalue weighted by molar-refractivity contribution is 5.82. The van der Waals surface area contributed by atoms with Crippen LogP contribution in [0.2, 0.25) is 0 Å². The first kappa shape index (κ1) is 21.9. The van der Waals surface area contributed by atoms with Crippen LogP contribution in [0.5, 0.6) is 5.75 Å². The number of hydrogen-bond donors (Lipinski definition) is 1. The molecule has 1 aromatic rings. The van der Waals surface area contributed by atoms with Gasteiger partial charge in [-0.1, -0.05) is 12.1 Å². The van der Waals surface area contributed by atoms with Crippen LogP contribution in [0, 0.1) is 0 Å². The van der Waals surface area contributed by atoms with Gasteiger partial charge in [-0.15, -0.1) is 0 Å². The van der Waals surface area contributed by atoms with Crippen LogP contribution in [0.25, 0.3) is 0 Å². The Kier molecular flexibility index (Phi) is 7.67. The third-order valence-corrected chi connectivity index (χ3v) is 6.53. The first-order chi connectivity index (χ1) is 15.2. The van der Waals surface area contributed by atoms with Crippen LogP contribution in [-0.2, 0) is 16.0 Å². The van der Waals surface area contributed by atoms with E-state index >= 15 is 0 Å². The van der Waals surface area contributed by atoms with Crippen molar-refractivity contribution in [3.63, 3.8) is 0 Å². The molecule has 1 atom stereocenters. The maximum Gasteiger partial charge on any atom is 0.251 e. The second-order valence-corrected chi connectivity index (χ2v) is 8.71. The molecule has 1 unspecified atom stereocenters. The summed E-state index contributed by atoms with van der Waals surface area (Å²) in [4.78, 5) is 21.1. The van der Waals surface area contributed by atoms with Crippen LogP contribution in [0.1, 0.15) is 44.1 Å². The van der Waals surface area contributed by atoms with Crippen molar-refractivity contribution in [1.82, 2.24) is 15.1 Å². The average molecular weight is 429 g/mol. The van der Waals surface area contributed by atoms with E-state index in [0.29, 0.717) is 12.7 Å². The number of rotatable bonds is 6. The van der Waals surface area contributed by atoms with Crippen molar-refractivity contribution in [3.05, 3.63) is 29.8 Å². The number of nitrogens with one attached hydrogen (secondary N) is 1. The van der Waals surface area contributed by atoms with E-state index in [-0.39, 0.29) is 12.0 Å². The van der Waals surface area contributed by atoms with Crippen LogP contribution >= 0.6 is 0 Å². The fourth-order valence-corrected chi connectivity index (χ4v) is 4.70. The van der Waals surface area contributed by atoms with Gasteiger partial charge in [0.1, 0.15) is 11.9 Å². The van der Waals surface area contributed by atoms with Gasteiger partial charge in [-0.25, -0.2) is 0 Å². The summed E-state index contributed by atoms with van der Waals surface area (Å²) in [5.41, 5.74) is 1.29. The second-order valence-electron chi connectivity index (χ2n) is 8.71. The van der Waals surface area contributed by atoms with Gasteiger partial charge in [0.15, 0.2) is 5.96 Å². The molecule has 1 aromatic carbocycles. The van der Waals surface area contributed by atoms with Gasteiger partial charge in [-0.2, -0.15) is 0 Å². The standard InChI is InChI=1S/C24H36N4O3/c1-25-24(28-16-14-27(15-17-28)23(29)22-7-4-18-30-22)26-13-12-19-8-10-21(11-9-19)31-20-5-2-3-6-20/h8-11,20,22H,2-7,12-18H2,1H3,(H,25,26). The van der Waals surface area contributed by atoms with Crippen molar-refractivity contribution < 1.29 is 14.3 Å². The van der Waals surface area contributed by atoms with Crippen molar-refractivity contribution in [2.75, 3.05) is 46.4 Å². The number of aliphatic imine (C=N–C) groups is 1. The lowest BCUT2D eigenvalue weighted by molar-refractivity contribution is -0.142. The SMILES string of the molecule is CN=C(NCCc1ccc(OC2CCCC2)cc1)N1CCN(C(=O)C2CCCO2)CC1. The Morgan fingerprint density at radius 3 is 2.42 bits per heavy atom. The molecule has 170 valence electrons. The van der Waals surface area contributed by atoms with Gasteiger partial charge in [0.25, 0.3) is 5.91 Å². The van der Waals surface area contributed by atoms with E-state index in [1.807, 2.05) is 11.9 Å². The van der Waals surface area contributed by atoms with Crippen LogP contribution in [0.4, 0.5) is 0 Å². The molecule has 3 aliphatic rings. The number of carbonyl (C=O) groups is 1. The molecule has 4 rings (SSSR count). The number of amides is 1. The molecule has 7 heteroatoms. The Bertz CT molecular complexity index is 732. The molecule has 0 bridgehead atoms. The predicted molar refractivity (Wildman–Crippen MR) is 122 cm³/mol. The molecule has 1 amide bonds. The number of ether oxygens (including phenoxy) is 2. The Morgan fingerprint density at radius 2 is 1.77 bits per heavy atom. The largest absolute Gasteiger partial charge is 0.490 e. The number of nitrogens with zero attached hydrogens (tertiary/aromatic N) is 3. The highest BCUT2D eigenvalue weighted by Gasteiger charge is 2.30. The highest BCUT2D eigenvalue weighted by atomic mass is 16.5. The van der Waals surface area contributed by atoms with Crippen molar-refractivity contribution in [2.45, 2.75) is 57.2 Å². The lowest BCUT2D eigenvalue weighted by Crippen LogP contribution is -2.55. The molecule has 2 aliphatic heterocycles. The highest BCUT2D eigenvalue weighted by Crippen LogP contribution is 2.24. The first-order valence-corrected chi connectivity index (χ1v) is 11.8. The van der Waals surface area contributed by atoms with Crippen molar-refractivity contribution in [2.24, 2.45) is 4.99 Å². The minimum atomic E-state index is -0.223. The number of guanidine groups is 1. The summed E-state index contributed by atoms with van der Waals surface area (Å²) in [6.45, 7) is 4.58. The molecule has 31 heavy (non-hydrogen) atoms. The Hall–Kier alpha value is -2.28. The zero-order valence-electron chi connectivity index (χ0n) is 18.7. The summed E-state index contributed by atoms with van der Waals surface area (Å²) in [6, 6.07) is 8.49. The molecule has 2 saturated heterocycles. The molecule has 1 N–H and O–H groups in total. The third-order valence-electron chi connectivity index (χ3n) is 6.53. The summed E-state index contributed by atoms with van der Waals surface area (Å²) in [6.07, 6.45) is 7.89. The number of hydrogen-bond acceptors (Lipinski definition) is 4. The monoisotopic (exact) mass is 428 g/mol. The van der Waals surface area contributed by atoms with E-state index in [1.165, 1.54) is 31.2 Å². The normalized spacial score (nSPS) is 22.7. The van der Waals surface area contributed by atoms with E-state index in [4.69, 9.17) is 9.47 Å². The molecule has 7 nitrogen and oxygen atoms in total. The van der Waals surface area contributed by atoms with Crippen LogP contribution in [0.15, 0.2) is 29.3 Å². The maximum absolute atomic E-state index is 12.5. The average Bonchev–Trinajstić information content (AvgIpc) is 3.52. The Balaban J connectivity index is 1.18. The number of piperazine rings is 1. The fraction of sp³-hybridized carbons (Fsp3) is 0.667. The predicted octanol–water partition coefficient (Wildman–Crippen LogP) is 2.45. The third kappa shape index (κ3) is 5.91. The van der Waals surface area contributed by atoms with E-state index < -0.39 is 0 Å². The Morgan fingerprint density at radius 1 is 1.06 bits per heavy atom. The summed E-state index contributed by atoms with van der Waals surface area (Å²) in [5, 5.41) is 3.48. The molecule has 3 fully saturated rings. The number of carbonyl (C=O) groups excluding carboxylic acids is 1. The molecule has 0 spiro atoms. The van der Waals surface area contributed by atoms with Gasteiger partial charge >= 0.3 is 0 Å². The second kappa shape index (κ2) is 10.8. The topological polar surface area (TPSA) is 66.4 Å². The summed E-state index contributed by atoms with van der Waals surface area (Å²) in [7, 11) is 1.82. The van der Waals surface area contributed by atoms with Gasteiger partial charge in [0.05, 0.1) is 6.10 Å². The Labute approximate surface area is 185 Å². The van der Waals surface area contributed by atoms with Gasteiger partial charge in [-0.05, 0) is 62.6 Å². The smallest absolute Gasteiger partial charge is 0.251 e. The van der Waals surface area contributed by atoms with Crippen molar-refractivity contribution in [3.8, 4) is 5.75 Å². The quantitative estimate of drug-likeness (QED) is 0.557. The van der Waals surface area contributed by atoms with E-state index in [2.05, 4.69) is 39.5 Å². The molecular weight excluding hydrogens is 392 g/mol. The molecule has 1 aliphatic carbocycles. The number of benzene rings is 1. The molecule has 1 saturated carbocycles. The first-order valence-electron chi connectivity index (χ1n) is 11.8. The van der Waals surface area contributed by atoms with E-state index in [9.17, 15) is 4.79 Å². The van der Waals surface area contributed by atoms with Gasteiger partial charge in [-0.3, -0.25) is 9.79 Å². The van der Waals surface area contributed by atoms with Gasteiger partial charge in [0, 0.05) is 46.4 Å². The lowest BCUT2D eigenvalue weighted by Gasteiger charge is -2.37. The summed E-state index contributed by atoms with van der Waals surface area (Å²) < 4.78 is 11.6. The molecule has 0 radical (unpaired) electrons. The minimum Gasteiger partial charge on any atom is -0.490 e. The van der Waals surface area contributed by atoms with Gasteiger partial charge in [0.2, 0.25) is 0 Å². The van der Waals surface area contributed by atoms with E-state index in [0.717, 1.165) is 63.7 Å². The van der Waals surface area contributed by atoms with Crippen LogP contribution in [-0.4, -0.2) is 80.3 Å². The van der Waals surface area contributed by atoms with Crippen molar-refractivity contribution in [1.29, 1.82) is 0 Å². The summed E-state index contributed by atoms with van der Waals surface area (Å²) >= 11 is 0. The zero-order chi connectivity index (χ0) is 21.5. The summed E-state index contributed by atoms with van der Waals surface area (Å²) in [5.74, 6) is 2.04.